The summed E-state index contributed by atoms with van der Waals surface area (Å²) in [5, 5.41) is 5.34. The van der Waals surface area contributed by atoms with Crippen LogP contribution in [-0.2, 0) is 0 Å². The van der Waals surface area contributed by atoms with Crippen LogP contribution < -0.4 is 8.92 Å². The molecule has 6 aromatic carbocycles. The summed E-state index contributed by atoms with van der Waals surface area (Å²) in [7, 11) is 0. The first-order valence-electron chi connectivity index (χ1n) is 12.0. The van der Waals surface area contributed by atoms with Gasteiger partial charge in [0.05, 0.1) is 0 Å². The molecule has 2 heteroatoms. The van der Waals surface area contributed by atoms with E-state index in [0.717, 1.165) is 0 Å². The molecule has 0 fully saturated rings. The Morgan fingerprint density at radius 2 is 0.694 bits per heavy atom. The van der Waals surface area contributed by atoms with Gasteiger partial charge in [-0.1, -0.05) is 0 Å². The normalized spacial score (nSPS) is 12.0. The van der Waals surface area contributed by atoms with E-state index in [0.29, 0.717) is 0 Å². The molecule has 0 aliphatic carbocycles. The number of hydrogen-bond acceptors (Lipinski definition) is 0. The molecule has 0 spiro atoms. The summed E-state index contributed by atoms with van der Waals surface area (Å²) in [5.41, 5.74) is 2.65. The van der Waals surface area contributed by atoms with Gasteiger partial charge in [0.2, 0.25) is 0 Å². The Labute approximate surface area is 225 Å². The van der Waals surface area contributed by atoms with Crippen molar-refractivity contribution in [3.63, 3.8) is 0 Å². The molecule has 0 saturated heterocycles. The zero-order chi connectivity index (χ0) is 24.2. The van der Waals surface area contributed by atoms with Gasteiger partial charge in [0, 0.05) is 0 Å². The van der Waals surface area contributed by atoms with Crippen LogP contribution in [0.15, 0.2) is 146 Å². The molecule has 36 heavy (non-hydrogen) atoms. The van der Waals surface area contributed by atoms with Gasteiger partial charge in [0.1, 0.15) is 0 Å². The number of benzene rings is 6. The SMILES string of the molecule is c1ccc(/C([Se]c2cccc3ccccc23)=C(\[Se]c2cccc3ccccc23)c2ccccc2)cc1. The molecular formula is C34H24Se2. The third-order valence-corrected chi connectivity index (χ3v) is 12.0. The van der Waals surface area contributed by atoms with E-state index in [9.17, 15) is 0 Å². The summed E-state index contributed by atoms with van der Waals surface area (Å²) in [6, 6.07) is 53.1. The van der Waals surface area contributed by atoms with Gasteiger partial charge in [-0.15, -0.1) is 0 Å². The van der Waals surface area contributed by atoms with Gasteiger partial charge in [-0.2, -0.15) is 0 Å². The zero-order valence-electron chi connectivity index (χ0n) is 19.7. The van der Waals surface area contributed by atoms with E-state index in [1.165, 1.54) is 50.5 Å². The predicted octanol–water partition coefficient (Wildman–Crippen LogP) is 6.88. The van der Waals surface area contributed by atoms with Crippen molar-refractivity contribution in [2.75, 3.05) is 0 Å². The van der Waals surface area contributed by atoms with E-state index < -0.39 is 0 Å². The van der Waals surface area contributed by atoms with Crippen molar-refractivity contribution in [2.45, 2.75) is 0 Å². The van der Waals surface area contributed by atoms with E-state index in [2.05, 4.69) is 146 Å². The molecule has 0 atom stereocenters. The minimum atomic E-state index is 0.139. The van der Waals surface area contributed by atoms with E-state index >= 15 is 0 Å². The fraction of sp³-hybridized carbons (Fsp3) is 0. The van der Waals surface area contributed by atoms with Crippen LogP contribution in [0.2, 0.25) is 0 Å². The van der Waals surface area contributed by atoms with Crippen molar-refractivity contribution in [3.05, 3.63) is 157 Å². The summed E-state index contributed by atoms with van der Waals surface area (Å²) in [6.45, 7) is 0. The van der Waals surface area contributed by atoms with Crippen LogP contribution in [-0.4, -0.2) is 29.9 Å². The summed E-state index contributed by atoms with van der Waals surface area (Å²) >= 11 is 0.277. The van der Waals surface area contributed by atoms with E-state index in [4.69, 9.17) is 0 Å². The van der Waals surface area contributed by atoms with Gasteiger partial charge < -0.3 is 0 Å². The Kier molecular flexibility index (Phi) is 6.85. The number of rotatable bonds is 6. The second-order valence-electron chi connectivity index (χ2n) is 8.55. The van der Waals surface area contributed by atoms with E-state index in [1.54, 1.807) is 0 Å². The topological polar surface area (TPSA) is 0 Å². The Morgan fingerprint density at radius 1 is 0.333 bits per heavy atom. The molecule has 0 amide bonds. The van der Waals surface area contributed by atoms with Crippen molar-refractivity contribution >= 4 is 69.3 Å². The third kappa shape index (κ3) is 4.82. The predicted molar refractivity (Wildman–Crippen MR) is 158 cm³/mol. The quantitative estimate of drug-likeness (QED) is 0.147. The van der Waals surface area contributed by atoms with Crippen LogP contribution in [0.1, 0.15) is 11.1 Å². The molecule has 0 bridgehead atoms. The third-order valence-electron chi connectivity index (χ3n) is 6.20. The van der Waals surface area contributed by atoms with Gasteiger partial charge >= 0.3 is 226 Å². The number of fused-ring (bicyclic) bond motifs is 2. The first kappa shape index (κ1) is 23.0. The van der Waals surface area contributed by atoms with Gasteiger partial charge in [0.15, 0.2) is 0 Å². The second kappa shape index (κ2) is 10.7. The molecule has 0 aromatic heterocycles. The molecule has 0 saturated carbocycles. The summed E-state index contributed by atoms with van der Waals surface area (Å²) in [5.74, 6) is 0. The zero-order valence-corrected chi connectivity index (χ0v) is 23.1. The number of hydrogen-bond donors (Lipinski definition) is 0. The first-order valence-corrected chi connectivity index (χ1v) is 15.5. The van der Waals surface area contributed by atoms with Gasteiger partial charge in [0.25, 0.3) is 0 Å². The van der Waals surface area contributed by atoms with Crippen molar-refractivity contribution in [3.8, 4) is 0 Å². The van der Waals surface area contributed by atoms with Crippen LogP contribution in [0.3, 0.4) is 0 Å². The molecule has 0 radical (unpaired) electrons. The molecule has 0 aliphatic heterocycles. The molecule has 6 rings (SSSR count). The Morgan fingerprint density at radius 3 is 1.14 bits per heavy atom. The van der Waals surface area contributed by atoms with Crippen LogP contribution in [0.4, 0.5) is 0 Å². The Hall–Kier alpha value is -3.38. The average molecular weight is 590 g/mol. The maximum atomic E-state index is 2.32. The molecule has 6 aromatic rings. The first-order chi connectivity index (χ1) is 17.9. The second-order valence-corrected chi connectivity index (χ2v) is 13.0. The molecule has 0 N–H and O–H groups in total. The average Bonchev–Trinajstić information content (AvgIpc) is 2.96. The van der Waals surface area contributed by atoms with Crippen LogP contribution in [0.5, 0.6) is 0 Å². The monoisotopic (exact) mass is 592 g/mol. The summed E-state index contributed by atoms with van der Waals surface area (Å²) in [6.07, 6.45) is 0. The fourth-order valence-corrected chi connectivity index (χ4v) is 10.1. The van der Waals surface area contributed by atoms with Crippen molar-refractivity contribution in [2.24, 2.45) is 0 Å². The van der Waals surface area contributed by atoms with Crippen LogP contribution >= 0.6 is 0 Å². The van der Waals surface area contributed by atoms with Gasteiger partial charge in [-0.25, -0.2) is 0 Å². The molecule has 172 valence electrons. The van der Waals surface area contributed by atoms with Crippen molar-refractivity contribution in [1.29, 1.82) is 0 Å². The molecule has 0 nitrogen and oxygen atoms in total. The van der Waals surface area contributed by atoms with Gasteiger partial charge in [-0.05, 0) is 0 Å². The summed E-state index contributed by atoms with van der Waals surface area (Å²) < 4.78 is 5.81. The molecule has 0 heterocycles. The Balaban J connectivity index is 1.59. The molecule has 0 unspecified atom stereocenters. The maximum absolute atomic E-state index is 2.32. The van der Waals surface area contributed by atoms with E-state index in [-0.39, 0.29) is 29.9 Å². The molecule has 0 aliphatic rings. The van der Waals surface area contributed by atoms with Crippen LogP contribution in [0, 0.1) is 0 Å². The molecular weight excluding hydrogens is 566 g/mol. The fourth-order valence-electron chi connectivity index (χ4n) is 4.44. The van der Waals surface area contributed by atoms with Crippen molar-refractivity contribution in [1.82, 2.24) is 0 Å². The van der Waals surface area contributed by atoms with Crippen molar-refractivity contribution < 1.29 is 0 Å². The summed E-state index contributed by atoms with van der Waals surface area (Å²) in [4.78, 5) is 0. The minimum absolute atomic E-state index is 0.139. The van der Waals surface area contributed by atoms with Gasteiger partial charge in [-0.3, -0.25) is 0 Å². The standard InChI is InChI=1S/C34H24Se2/c1-3-15-27(16-4-1)33(35-31-23-11-19-25-13-7-9-21-29(25)31)34(28-17-5-2-6-18-28)36-32-24-12-20-26-14-8-10-22-30(26)32/h1-24H/b34-33+. The van der Waals surface area contributed by atoms with Crippen LogP contribution in [0.25, 0.3) is 30.5 Å². The van der Waals surface area contributed by atoms with E-state index in [1.807, 2.05) is 0 Å². The Bertz CT molecular complexity index is 1530.